The highest BCUT2D eigenvalue weighted by atomic mass is 16.5. The lowest BCUT2D eigenvalue weighted by Crippen LogP contribution is -2.20. The average molecular weight is 355 g/mol. The number of nitrogens with zero attached hydrogens (tertiary/aromatic N) is 1. The van der Waals surface area contributed by atoms with Gasteiger partial charge in [0.15, 0.2) is 5.71 Å². The van der Waals surface area contributed by atoms with Gasteiger partial charge >= 0.3 is 5.97 Å². The number of hydrogen-bond acceptors (Lipinski definition) is 5. The molecule has 0 aliphatic carbocycles. The highest BCUT2D eigenvalue weighted by molar-refractivity contribution is 6.36. The molecule has 1 atom stereocenters. The van der Waals surface area contributed by atoms with Crippen LogP contribution >= 0.6 is 0 Å². The quantitative estimate of drug-likeness (QED) is 0.311. The minimum Gasteiger partial charge on any atom is -0.456 e. The normalized spacial score (nSPS) is 12.8. The molecule has 0 saturated carbocycles. The van der Waals surface area contributed by atoms with Gasteiger partial charge in [0.1, 0.15) is 6.61 Å². The molecule has 0 bridgehead atoms. The van der Waals surface area contributed by atoms with Crippen molar-refractivity contribution < 1.29 is 19.5 Å². The Hall–Kier alpha value is -2.66. The van der Waals surface area contributed by atoms with Gasteiger partial charge in [-0.1, -0.05) is 65.8 Å². The predicted molar refractivity (Wildman–Crippen MR) is 100 cm³/mol. The van der Waals surface area contributed by atoms with Gasteiger partial charge in [-0.2, -0.15) is 0 Å². The first kappa shape index (κ1) is 19.7. The molecule has 0 aliphatic rings. The second kappa shape index (κ2) is 10.4. The molecule has 138 valence electrons. The molecule has 0 amide bonds. The summed E-state index contributed by atoms with van der Waals surface area (Å²) in [4.78, 5) is 12.2. The van der Waals surface area contributed by atoms with Gasteiger partial charge in [-0.25, -0.2) is 4.79 Å². The van der Waals surface area contributed by atoms with E-state index in [1.54, 1.807) is 0 Å². The SMILES string of the molecule is CC(C)OC(CCC(=NO)C(=O)OCc1ccccc1)c1ccccc1. The summed E-state index contributed by atoms with van der Waals surface area (Å²) in [7, 11) is 0. The Morgan fingerprint density at radius 3 is 2.23 bits per heavy atom. The Morgan fingerprint density at radius 1 is 1.04 bits per heavy atom. The second-order valence-corrected chi connectivity index (χ2v) is 6.23. The number of esters is 1. The summed E-state index contributed by atoms with van der Waals surface area (Å²) in [5, 5.41) is 12.3. The lowest BCUT2D eigenvalue weighted by atomic mass is 10.0. The molecule has 1 unspecified atom stereocenters. The van der Waals surface area contributed by atoms with Crippen LogP contribution < -0.4 is 0 Å². The minimum absolute atomic E-state index is 0.00535. The van der Waals surface area contributed by atoms with Gasteiger partial charge in [-0.3, -0.25) is 0 Å². The van der Waals surface area contributed by atoms with E-state index in [0.29, 0.717) is 6.42 Å². The van der Waals surface area contributed by atoms with Gasteiger partial charge in [-0.15, -0.1) is 0 Å². The van der Waals surface area contributed by atoms with Crippen LogP contribution in [0.25, 0.3) is 0 Å². The topological polar surface area (TPSA) is 68.1 Å². The summed E-state index contributed by atoms with van der Waals surface area (Å²) in [5.74, 6) is -0.618. The maximum atomic E-state index is 12.2. The first-order chi connectivity index (χ1) is 12.6. The van der Waals surface area contributed by atoms with E-state index < -0.39 is 5.97 Å². The van der Waals surface area contributed by atoms with E-state index in [9.17, 15) is 10.0 Å². The summed E-state index contributed by atoms with van der Waals surface area (Å²) < 4.78 is 11.2. The van der Waals surface area contributed by atoms with Crippen LogP contribution in [0.15, 0.2) is 65.8 Å². The van der Waals surface area contributed by atoms with Crippen LogP contribution in [0, 0.1) is 0 Å². The summed E-state index contributed by atoms with van der Waals surface area (Å²) in [6, 6.07) is 19.2. The molecule has 26 heavy (non-hydrogen) atoms. The van der Waals surface area contributed by atoms with Crippen molar-refractivity contribution in [1.82, 2.24) is 0 Å². The predicted octanol–water partition coefficient (Wildman–Crippen LogP) is 4.51. The molecule has 0 radical (unpaired) electrons. The fourth-order valence-corrected chi connectivity index (χ4v) is 2.58. The number of hydrogen-bond donors (Lipinski definition) is 1. The standard InChI is InChI=1S/C21H25NO4/c1-16(2)26-20(18-11-7-4-8-12-18)14-13-19(22-24)21(23)25-15-17-9-5-3-6-10-17/h3-12,16,20,24H,13-15H2,1-2H3. The third kappa shape index (κ3) is 6.33. The van der Waals surface area contributed by atoms with Crippen LogP contribution in [0.5, 0.6) is 0 Å². The van der Waals surface area contributed by atoms with Gasteiger partial charge in [0, 0.05) is 6.42 Å². The molecule has 0 heterocycles. The molecule has 0 spiro atoms. The van der Waals surface area contributed by atoms with E-state index in [2.05, 4.69) is 5.16 Å². The monoisotopic (exact) mass is 355 g/mol. The lowest BCUT2D eigenvalue weighted by Gasteiger charge is -2.21. The number of benzene rings is 2. The highest BCUT2D eigenvalue weighted by Crippen LogP contribution is 2.24. The molecule has 1 N–H and O–H groups in total. The van der Waals surface area contributed by atoms with E-state index in [1.807, 2.05) is 74.5 Å². The highest BCUT2D eigenvalue weighted by Gasteiger charge is 2.19. The third-order valence-electron chi connectivity index (χ3n) is 3.82. The number of carbonyl (C=O) groups excluding carboxylic acids is 1. The van der Waals surface area contributed by atoms with E-state index in [-0.39, 0.29) is 30.9 Å². The number of rotatable bonds is 9. The fourth-order valence-electron chi connectivity index (χ4n) is 2.58. The first-order valence-electron chi connectivity index (χ1n) is 8.72. The molecule has 0 aliphatic heterocycles. The maximum absolute atomic E-state index is 12.2. The molecule has 0 aromatic heterocycles. The summed E-state index contributed by atoms with van der Waals surface area (Å²) >= 11 is 0. The van der Waals surface area contributed by atoms with Gasteiger partial charge in [0.25, 0.3) is 0 Å². The largest absolute Gasteiger partial charge is 0.456 e. The molecular formula is C21H25NO4. The van der Waals surface area contributed by atoms with E-state index in [1.165, 1.54) is 0 Å². The van der Waals surface area contributed by atoms with Crippen molar-refractivity contribution in [2.45, 2.75) is 45.5 Å². The third-order valence-corrected chi connectivity index (χ3v) is 3.82. The van der Waals surface area contributed by atoms with Gasteiger partial charge in [0.2, 0.25) is 0 Å². The number of carbonyl (C=O) groups is 1. The Labute approximate surface area is 154 Å². The Kier molecular flexibility index (Phi) is 7.83. The van der Waals surface area contributed by atoms with E-state index >= 15 is 0 Å². The molecule has 0 saturated heterocycles. The molecular weight excluding hydrogens is 330 g/mol. The Bertz CT molecular complexity index is 698. The second-order valence-electron chi connectivity index (χ2n) is 6.23. The van der Waals surface area contributed by atoms with Crippen molar-refractivity contribution in [3.8, 4) is 0 Å². The minimum atomic E-state index is -0.618. The molecule has 2 aromatic carbocycles. The summed E-state index contributed by atoms with van der Waals surface area (Å²) in [5.41, 5.74) is 1.90. The molecule has 5 heteroatoms. The van der Waals surface area contributed by atoms with Crippen molar-refractivity contribution in [3.63, 3.8) is 0 Å². The fraction of sp³-hybridized carbons (Fsp3) is 0.333. The number of ether oxygens (including phenoxy) is 2. The Morgan fingerprint density at radius 2 is 1.65 bits per heavy atom. The first-order valence-corrected chi connectivity index (χ1v) is 8.72. The smallest absolute Gasteiger partial charge is 0.356 e. The summed E-state index contributed by atoms with van der Waals surface area (Å²) in [6.07, 6.45) is 0.632. The van der Waals surface area contributed by atoms with Crippen molar-refractivity contribution >= 4 is 11.7 Å². The van der Waals surface area contributed by atoms with Crippen molar-refractivity contribution in [2.75, 3.05) is 0 Å². The zero-order valence-electron chi connectivity index (χ0n) is 15.2. The van der Waals surface area contributed by atoms with E-state index in [0.717, 1.165) is 11.1 Å². The zero-order chi connectivity index (χ0) is 18.8. The molecule has 2 aromatic rings. The van der Waals surface area contributed by atoms with Crippen LogP contribution in [0.2, 0.25) is 0 Å². The maximum Gasteiger partial charge on any atom is 0.356 e. The van der Waals surface area contributed by atoms with Gasteiger partial charge in [-0.05, 0) is 31.4 Å². The molecule has 0 fully saturated rings. The number of oxime groups is 1. The van der Waals surface area contributed by atoms with Crippen LogP contribution in [-0.4, -0.2) is 23.0 Å². The van der Waals surface area contributed by atoms with Crippen molar-refractivity contribution in [1.29, 1.82) is 0 Å². The van der Waals surface area contributed by atoms with E-state index in [4.69, 9.17) is 9.47 Å². The van der Waals surface area contributed by atoms with Gasteiger partial charge in [0.05, 0.1) is 12.2 Å². The van der Waals surface area contributed by atoms with Crippen molar-refractivity contribution in [3.05, 3.63) is 71.8 Å². The zero-order valence-corrected chi connectivity index (χ0v) is 15.2. The van der Waals surface area contributed by atoms with Crippen LogP contribution in [0.1, 0.15) is 43.9 Å². The Balaban J connectivity index is 1.93. The van der Waals surface area contributed by atoms with Crippen LogP contribution in [0.4, 0.5) is 0 Å². The van der Waals surface area contributed by atoms with Crippen LogP contribution in [0.3, 0.4) is 0 Å². The average Bonchev–Trinajstić information content (AvgIpc) is 2.67. The lowest BCUT2D eigenvalue weighted by molar-refractivity contribution is -0.137. The van der Waals surface area contributed by atoms with Crippen molar-refractivity contribution in [2.24, 2.45) is 5.16 Å². The molecule has 5 nitrogen and oxygen atoms in total. The van der Waals surface area contributed by atoms with Gasteiger partial charge < -0.3 is 14.7 Å². The van der Waals surface area contributed by atoms with Crippen LogP contribution in [-0.2, 0) is 20.9 Å². The molecule has 2 rings (SSSR count). The summed E-state index contributed by atoms with van der Waals surface area (Å²) in [6.45, 7) is 4.07.